The number of imide groups is 1. The Morgan fingerprint density at radius 3 is 2.36 bits per heavy atom. The number of rotatable bonds is 3. The molecule has 2 aromatic carbocycles. The lowest BCUT2D eigenvalue weighted by Crippen LogP contribution is -2.29. The molecule has 1 aliphatic rings. The van der Waals surface area contributed by atoms with E-state index in [1.807, 2.05) is 0 Å². The summed E-state index contributed by atoms with van der Waals surface area (Å²) in [7, 11) is 0. The first-order chi connectivity index (χ1) is 11.9. The minimum atomic E-state index is -0.777. The van der Waals surface area contributed by atoms with Gasteiger partial charge in [-0.05, 0) is 30.3 Å². The topological polar surface area (TPSA) is 131 Å². The summed E-state index contributed by atoms with van der Waals surface area (Å²) in [5.41, 5.74) is 0.103. The maximum atomic E-state index is 12.2. The van der Waals surface area contributed by atoms with Gasteiger partial charge in [0.05, 0.1) is 17.2 Å². The number of carbonyl (C=O) groups excluding carboxylic acids is 3. The Bertz CT molecular complexity index is 941. The van der Waals surface area contributed by atoms with Crippen LogP contribution in [-0.4, -0.2) is 39.4 Å². The van der Waals surface area contributed by atoms with Crippen LogP contribution in [0.15, 0.2) is 36.4 Å². The number of amides is 3. The summed E-state index contributed by atoms with van der Waals surface area (Å²) in [5, 5.41) is 30.6. The molecule has 0 spiro atoms. The number of nitriles is 1. The van der Waals surface area contributed by atoms with Gasteiger partial charge in [-0.2, -0.15) is 5.26 Å². The maximum absolute atomic E-state index is 12.2. The van der Waals surface area contributed by atoms with Gasteiger partial charge in [0, 0.05) is 5.69 Å². The molecule has 0 unspecified atom stereocenters. The number of phenols is 2. The first-order valence-corrected chi connectivity index (χ1v) is 7.13. The second-order valence-electron chi connectivity index (χ2n) is 5.24. The second-order valence-corrected chi connectivity index (χ2v) is 5.24. The number of phenolic OH excluding ortho intramolecular Hbond substituents is 2. The Labute approximate surface area is 141 Å². The van der Waals surface area contributed by atoms with Crippen LogP contribution in [0.5, 0.6) is 11.5 Å². The fourth-order valence-electron chi connectivity index (χ4n) is 2.54. The maximum Gasteiger partial charge on any atom is 0.263 e. The average molecular weight is 337 g/mol. The second kappa shape index (κ2) is 5.98. The normalized spacial score (nSPS) is 12.7. The highest BCUT2D eigenvalue weighted by atomic mass is 16.3. The molecular formula is C17H11N3O5. The largest absolute Gasteiger partial charge is 0.507 e. The first-order valence-electron chi connectivity index (χ1n) is 7.13. The molecule has 0 fully saturated rings. The van der Waals surface area contributed by atoms with Crippen molar-refractivity contribution in [3.8, 4) is 17.6 Å². The van der Waals surface area contributed by atoms with Gasteiger partial charge < -0.3 is 15.5 Å². The van der Waals surface area contributed by atoms with Crippen LogP contribution in [0.2, 0.25) is 0 Å². The highest BCUT2D eigenvalue weighted by molar-refractivity contribution is 6.22. The lowest BCUT2D eigenvalue weighted by Gasteiger charge is -2.09. The molecule has 0 saturated carbocycles. The molecule has 0 atom stereocenters. The van der Waals surface area contributed by atoms with Crippen molar-refractivity contribution < 1.29 is 24.6 Å². The molecule has 2 aromatic rings. The number of nitrogens with zero attached hydrogens (tertiary/aromatic N) is 2. The van der Waals surface area contributed by atoms with Crippen LogP contribution in [0, 0.1) is 11.3 Å². The van der Waals surface area contributed by atoms with Gasteiger partial charge >= 0.3 is 0 Å². The van der Waals surface area contributed by atoms with Crippen LogP contribution in [0.4, 0.5) is 5.69 Å². The number of carbonyl (C=O) groups is 3. The highest BCUT2D eigenvalue weighted by Crippen LogP contribution is 2.29. The number of anilines is 1. The summed E-state index contributed by atoms with van der Waals surface area (Å²) in [4.78, 5) is 37.3. The Morgan fingerprint density at radius 2 is 1.72 bits per heavy atom. The molecule has 0 aliphatic carbocycles. The Kier molecular flexibility index (Phi) is 3.83. The van der Waals surface area contributed by atoms with Gasteiger partial charge in [-0.3, -0.25) is 19.3 Å². The standard InChI is InChI=1S/C17H11N3O5/c18-6-7-20-16(24)10-5-4-9(8-11(10)17(20)25)19-15(23)14-12(21)2-1-3-13(14)22/h1-5,8,21-22H,7H2,(H,19,23). The minimum absolute atomic E-state index is 0.0690. The van der Waals surface area contributed by atoms with Crippen molar-refractivity contribution in [2.45, 2.75) is 0 Å². The van der Waals surface area contributed by atoms with Crippen molar-refractivity contribution >= 4 is 23.4 Å². The average Bonchev–Trinajstić information content (AvgIpc) is 2.80. The quantitative estimate of drug-likeness (QED) is 0.574. The van der Waals surface area contributed by atoms with Crippen LogP contribution < -0.4 is 5.32 Å². The van der Waals surface area contributed by atoms with E-state index in [1.54, 1.807) is 6.07 Å². The van der Waals surface area contributed by atoms with Gasteiger partial charge in [0.2, 0.25) is 0 Å². The zero-order valence-electron chi connectivity index (χ0n) is 12.7. The fourth-order valence-corrected chi connectivity index (χ4v) is 2.54. The third-order valence-electron chi connectivity index (χ3n) is 3.70. The molecule has 124 valence electrons. The van der Waals surface area contributed by atoms with Crippen molar-refractivity contribution in [3.05, 3.63) is 53.1 Å². The fraction of sp³-hybridized carbons (Fsp3) is 0.0588. The van der Waals surface area contributed by atoms with Crippen LogP contribution >= 0.6 is 0 Å². The zero-order chi connectivity index (χ0) is 18.1. The molecule has 1 aliphatic heterocycles. The predicted molar refractivity (Wildman–Crippen MR) is 85.1 cm³/mol. The van der Waals surface area contributed by atoms with E-state index in [-0.39, 0.29) is 28.9 Å². The molecule has 3 rings (SSSR count). The Balaban J connectivity index is 1.90. The number of nitrogens with one attached hydrogen (secondary N) is 1. The van der Waals surface area contributed by atoms with E-state index in [9.17, 15) is 24.6 Å². The molecule has 0 saturated heterocycles. The lowest BCUT2D eigenvalue weighted by molar-refractivity contribution is 0.0673. The van der Waals surface area contributed by atoms with Gasteiger partial charge in [-0.1, -0.05) is 6.07 Å². The van der Waals surface area contributed by atoms with Crippen LogP contribution in [0.25, 0.3) is 0 Å². The molecule has 3 N–H and O–H groups in total. The third kappa shape index (κ3) is 2.64. The Morgan fingerprint density at radius 1 is 1.08 bits per heavy atom. The number of aromatic hydroxyl groups is 2. The van der Waals surface area contributed by atoms with Gasteiger partial charge in [0.15, 0.2) is 0 Å². The monoisotopic (exact) mass is 337 g/mol. The lowest BCUT2D eigenvalue weighted by atomic mass is 10.1. The molecule has 8 nitrogen and oxygen atoms in total. The SMILES string of the molecule is N#CCN1C(=O)c2ccc(NC(=O)c3c(O)cccc3O)cc2C1=O. The van der Waals surface area contributed by atoms with E-state index >= 15 is 0 Å². The smallest absolute Gasteiger partial charge is 0.263 e. The summed E-state index contributed by atoms with van der Waals surface area (Å²) in [6.45, 7) is -0.361. The summed E-state index contributed by atoms with van der Waals surface area (Å²) >= 11 is 0. The van der Waals surface area contributed by atoms with Crippen molar-refractivity contribution in [1.29, 1.82) is 5.26 Å². The number of benzene rings is 2. The van der Waals surface area contributed by atoms with E-state index < -0.39 is 29.2 Å². The van der Waals surface area contributed by atoms with Gasteiger partial charge in [-0.15, -0.1) is 0 Å². The van der Waals surface area contributed by atoms with E-state index in [2.05, 4.69) is 5.32 Å². The van der Waals surface area contributed by atoms with Gasteiger partial charge in [0.1, 0.15) is 23.6 Å². The molecule has 0 bridgehead atoms. The summed E-state index contributed by atoms with van der Waals surface area (Å²) in [5.74, 6) is -2.77. The molecule has 0 aromatic heterocycles. The molecule has 3 amide bonds. The van der Waals surface area contributed by atoms with Gasteiger partial charge in [-0.25, -0.2) is 0 Å². The van der Waals surface area contributed by atoms with E-state index in [1.165, 1.54) is 36.4 Å². The van der Waals surface area contributed by atoms with Crippen LogP contribution in [0.1, 0.15) is 31.1 Å². The number of hydrogen-bond donors (Lipinski definition) is 3. The zero-order valence-corrected chi connectivity index (χ0v) is 12.7. The summed E-state index contributed by atoms with van der Waals surface area (Å²) in [6, 6.07) is 9.71. The summed E-state index contributed by atoms with van der Waals surface area (Å²) < 4.78 is 0. The predicted octanol–water partition coefficient (Wildman–Crippen LogP) is 1.47. The van der Waals surface area contributed by atoms with Gasteiger partial charge in [0.25, 0.3) is 17.7 Å². The van der Waals surface area contributed by atoms with E-state index in [4.69, 9.17) is 5.26 Å². The number of fused-ring (bicyclic) bond motifs is 1. The molecule has 8 heteroatoms. The minimum Gasteiger partial charge on any atom is -0.507 e. The van der Waals surface area contributed by atoms with E-state index in [0.29, 0.717) is 0 Å². The summed E-state index contributed by atoms with van der Waals surface area (Å²) in [6.07, 6.45) is 0. The van der Waals surface area contributed by atoms with Crippen molar-refractivity contribution in [1.82, 2.24) is 4.90 Å². The van der Waals surface area contributed by atoms with Crippen molar-refractivity contribution in [2.24, 2.45) is 0 Å². The molecular weight excluding hydrogens is 326 g/mol. The Hall–Kier alpha value is -3.86. The van der Waals surface area contributed by atoms with E-state index in [0.717, 1.165) is 4.90 Å². The van der Waals surface area contributed by atoms with Crippen LogP contribution in [0.3, 0.4) is 0 Å². The molecule has 1 heterocycles. The molecule has 0 radical (unpaired) electrons. The van der Waals surface area contributed by atoms with Crippen LogP contribution in [-0.2, 0) is 0 Å². The van der Waals surface area contributed by atoms with Crippen molar-refractivity contribution in [2.75, 3.05) is 11.9 Å². The highest BCUT2D eigenvalue weighted by Gasteiger charge is 2.35. The first kappa shape index (κ1) is 16.0. The van der Waals surface area contributed by atoms with Crippen molar-refractivity contribution in [3.63, 3.8) is 0 Å². The number of hydrogen-bond acceptors (Lipinski definition) is 6. The molecule has 25 heavy (non-hydrogen) atoms. The third-order valence-corrected chi connectivity index (χ3v) is 3.70.